The maximum Gasteiger partial charge on any atom is 0.319 e. The largest absolute Gasteiger partial charge is 0.465 e. The number of esters is 1. The summed E-state index contributed by atoms with van der Waals surface area (Å²) >= 11 is 0. The van der Waals surface area contributed by atoms with Crippen molar-refractivity contribution in [2.75, 3.05) is 31.6 Å². The molecule has 3 rings (SSSR count). The Labute approximate surface area is 200 Å². The third kappa shape index (κ3) is 5.85. The van der Waals surface area contributed by atoms with Gasteiger partial charge in [0.05, 0.1) is 19.2 Å². The molecule has 0 bridgehead atoms. The van der Waals surface area contributed by atoms with Crippen molar-refractivity contribution >= 4 is 29.3 Å². The van der Waals surface area contributed by atoms with Crippen LogP contribution in [-0.2, 0) is 19.1 Å². The van der Waals surface area contributed by atoms with E-state index in [0.29, 0.717) is 24.2 Å². The second-order valence-electron chi connectivity index (χ2n) is 8.83. The van der Waals surface area contributed by atoms with Gasteiger partial charge in [-0.3, -0.25) is 19.7 Å². The van der Waals surface area contributed by atoms with Gasteiger partial charge in [0, 0.05) is 24.8 Å². The lowest BCUT2D eigenvalue weighted by Gasteiger charge is -2.44. The van der Waals surface area contributed by atoms with Gasteiger partial charge in [0.25, 0.3) is 0 Å². The van der Waals surface area contributed by atoms with Crippen molar-refractivity contribution in [1.29, 1.82) is 0 Å². The van der Waals surface area contributed by atoms with Crippen molar-refractivity contribution < 1.29 is 24.3 Å². The lowest BCUT2D eigenvalue weighted by molar-refractivity contribution is -0.150. The lowest BCUT2D eigenvalue weighted by Crippen LogP contribution is -2.63. The normalized spacial score (nSPS) is 19.8. The van der Waals surface area contributed by atoms with Gasteiger partial charge in [-0.15, -0.1) is 0 Å². The first kappa shape index (κ1) is 25.5. The van der Waals surface area contributed by atoms with Crippen molar-refractivity contribution in [3.63, 3.8) is 0 Å². The highest BCUT2D eigenvalue weighted by atomic mass is 16.5. The van der Waals surface area contributed by atoms with Crippen molar-refractivity contribution in [3.05, 3.63) is 29.8 Å². The van der Waals surface area contributed by atoms with Gasteiger partial charge in [-0.1, -0.05) is 24.4 Å². The quantitative estimate of drug-likeness (QED) is 0.162. The van der Waals surface area contributed by atoms with Gasteiger partial charge in [0.15, 0.2) is 5.84 Å². The Morgan fingerprint density at radius 3 is 2.44 bits per heavy atom. The first-order chi connectivity index (χ1) is 16.4. The van der Waals surface area contributed by atoms with Gasteiger partial charge in [-0.2, -0.15) is 0 Å². The van der Waals surface area contributed by atoms with Gasteiger partial charge in [0.1, 0.15) is 6.04 Å². The van der Waals surface area contributed by atoms with Crippen LogP contribution >= 0.6 is 0 Å². The average Bonchev–Trinajstić information content (AvgIpc) is 2.83. The number of benzene rings is 1. The van der Waals surface area contributed by atoms with E-state index in [0.717, 1.165) is 32.1 Å². The second kappa shape index (κ2) is 11.8. The number of amidine groups is 1. The zero-order valence-corrected chi connectivity index (χ0v) is 19.9. The second-order valence-corrected chi connectivity index (χ2v) is 8.83. The maximum absolute atomic E-state index is 13.5. The molecule has 0 radical (unpaired) electrons. The van der Waals surface area contributed by atoms with Crippen LogP contribution in [0.2, 0.25) is 0 Å². The number of carbonyl (C=O) groups is 3. The van der Waals surface area contributed by atoms with E-state index in [1.807, 2.05) is 0 Å². The van der Waals surface area contributed by atoms with Crippen LogP contribution in [-0.4, -0.2) is 72.6 Å². The molecule has 4 N–H and O–H groups in total. The molecular weight excluding hydrogens is 438 g/mol. The van der Waals surface area contributed by atoms with Crippen LogP contribution in [0.15, 0.2) is 29.4 Å². The first-order valence-electron chi connectivity index (χ1n) is 11.9. The molecule has 1 aliphatic heterocycles. The SMILES string of the molecule is CCOC(=O)CN[C@@H](C(=O)N1CC[C@@H]1C(=O)N(C)c1ccc(C(N)=NO)cc1)C1CCCCC1. The number of nitrogens with zero attached hydrogens (tertiary/aromatic N) is 3. The predicted octanol–water partition coefficient (Wildman–Crippen LogP) is 1.45. The summed E-state index contributed by atoms with van der Waals surface area (Å²) in [7, 11) is 1.67. The van der Waals surface area contributed by atoms with Crippen LogP contribution < -0.4 is 16.0 Å². The maximum atomic E-state index is 13.5. The molecular formula is C24H35N5O5. The first-order valence-corrected chi connectivity index (χ1v) is 11.9. The minimum absolute atomic E-state index is 0.0135. The summed E-state index contributed by atoms with van der Waals surface area (Å²) in [5.74, 6) is -0.570. The summed E-state index contributed by atoms with van der Waals surface area (Å²) in [6, 6.07) is 5.69. The molecule has 1 saturated heterocycles. The molecule has 2 fully saturated rings. The highest BCUT2D eigenvalue weighted by Gasteiger charge is 2.43. The molecule has 186 valence electrons. The summed E-state index contributed by atoms with van der Waals surface area (Å²) in [5.41, 5.74) is 6.78. The number of likely N-dealkylation sites (N-methyl/N-ethyl adjacent to an activating group) is 1. The van der Waals surface area contributed by atoms with E-state index in [9.17, 15) is 14.4 Å². The van der Waals surface area contributed by atoms with E-state index >= 15 is 0 Å². The highest BCUT2D eigenvalue weighted by molar-refractivity contribution is 6.01. The lowest BCUT2D eigenvalue weighted by atomic mass is 9.82. The third-order valence-electron chi connectivity index (χ3n) is 6.74. The van der Waals surface area contributed by atoms with Gasteiger partial charge in [-0.25, -0.2) is 0 Å². The van der Waals surface area contributed by atoms with Crippen LogP contribution in [0.3, 0.4) is 0 Å². The van der Waals surface area contributed by atoms with E-state index in [4.69, 9.17) is 15.7 Å². The summed E-state index contributed by atoms with van der Waals surface area (Å²) in [6.45, 7) is 2.52. The van der Waals surface area contributed by atoms with Crippen molar-refractivity contribution in [2.45, 2.75) is 57.5 Å². The molecule has 1 saturated carbocycles. The summed E-state index contributed by atoms with van der Waals surface area (Å²) < 4.78 is 5.01. The Balaban J connectivity index is 1.68. The van der Waals surface area contributed by atoms with E-state index in [1.165, 1.54) is 4.90 Å². The predicted molar refractivity (Wildman–Crippen MR) is 127 cm³/mol. The van der Waals surface area contributed by atoms with E-state index in [-0.39, 0.29) is 42.7 Å². The fraction of sp³-hybridized carbons (Fsp3) is 0.583. The standard InChI is InChI=1S/C24H35N5O5/c1-3-34-20(30)15-26-21(16-7-5-4-6-8-16)24(32)29-14-13-19(29)23(31)28(2)18-11-9-17(10-12-18)22(25)27-33/h9-12,16,19,21,26,33H,3-8,13-15H2,1-2H3,(H2,25,27)/t19-,21-/m1/s1. The van der Waals surface area contributed by atoms with E-state index in [2.05, 4.69) is 10.5 Å². The average molecular weight is 474 g/mol. The highest BCUT2D eigenvalue weighted by Crippen LogP contribution is 2.30. The number of oxime groups is 1. The number of hydrogen-bond donors (Lipinski definition) is 3. The number of hydrogen-bond acceptors (Lipinski definition) is 7. The molecule has 0 aromatic heterocycles. The summed E-state index contributed by atoms with van der Waals surface area (Å²) in [6.07, 6.45) is 5.70. The molecule has 10 heteroatoms. The monoisotopic (exact) mass is 473 g/mol. The number of rotatable bonds is 9. The molecule has 2 amide bonds. The Hall–Kier alpha value is -3.14. The number of carbonyl (C=O) groups excluding carboxylic acids is 3. The zero-order valence-electron chi connectivity index (χ0n) is 19.9. The molecule has 0 spiro atoms. The minimum Gasteiger partial charge on any atom is -0.465 e. The number of nitrogens with two attached hydrogens (primary N) is 1. The van der Waals surface area contributed by atoms with Crippen LogP contribution in [0.25, 0.3) is 0 Å². The Morgan fingerprint density at radius 2 is 1.88 bits per heavy atom. The molecule has 1 aromatic rings. The molecule has 2 aliphatic rings. The summed E-state index contributed by atoms with van der Waals surface area (Å²) in [4.78, 5) is 41.8. The molecule has 1 aliphatic carbocycles. The molecule has 10 nitrogen and oxygen atoms in total. The van der Waals surface area contributed by atoms with Crippen molar-refractivity contribution in [1.82, 2.24) is 10.2 Å². The fourth-order valence-electron chi connectivity index (χ4n) is 4.68. The Bertz CT molecular complexity index is 898. The van der Waals surface area contributed by atoms with Gasteiger partial charge in [-0.05, 0) is 56.4 Å². The minimum atomic E-state index is -0.545. The molecule has 1 aromatic carbocycles. The molecule has 34 heavy (non-hydrogen) atoms. The van der Waals surface area contributed by atoms with E-state index in [1.54, 1.807) is 43.1 Å². The number of likely N-dealkylation sites (tertiary alicyclic amines) is 1. The van der Waals surface area contributed by atoms with Crippen LogP contribution in [0.1, 0.15) is 51.0 Å². The number of anilines is 1. The van der Waals surface area contributed by atoms with Gasteiger partial charge >= 0.3 is 5.97 Å². The third-order valence-corrected chi connectivity index (χ3v) is 6.74. The topological polar surface area (TPSA) is 138 Å². The van der Waals surface area contributed by atoms with Gasteiger partial charge in [0.2, 0.25) is 11.8 Å². The summed E-state index contributed by atoms with van der Waals surface area (Å²) in [5, 5.41) is 14.9. The van der Waals surface area contributed by atoms with Crippen LogP contribution in [0.5, 0.6) is 0 Å². The smallest absolute Gasteiger partial charge is 0.319 e. The van der Waals surface area contributed by atoms with Crippen molar-refractivity contribution in [2.24, 2.45) is 16.8 Å². The molecule has 0 unspecified atom stereocenters. The Kier molecular flexibility index (Phi) is 8.86. The number of nitrogens with one attached hydrogen (secondary N) is 1. The number of ether oxygens (including phenoxy) is 1. The fourth-order valence-corrected chi connectivity index (χ4v) is 4.68. The van der Waals surface area contributed by atoms with Gasteiger partial charge < -0.3 is 25.5 Å². The van der Waals surface area contributed by atoms with Crippen molar-refractivity contribution in [3.8, 4) is 0 Å². The molecule has 2 atom stereocenters. The van der Waals surface area contributed by atoms with Crippen LogP contribution in [0.4, 0.5) is 5.69 Å². The molecule has 1 heterocycles. The van der Waals surface area contributed by atoms with E-state index < -0.39 is 12.1 Å². The Morgan fingerprint density at radius 1 is 1.21 bits per heavy atom. The zero-order chi connectivity index (χ0) is 24.7. The van der Waals surface area contributed by atoms with Crippen LogP contribution in [0, 0.1) is 5.92 Å². The number of amides is 2.